The van der Waals surface area contributed by atoms with Crippen molar-refractivity contribution in [2.75, 3.05) is 19.5 Å². The van der Waals surface area contributed by atoms with Gasteiger partial charge in [-0.3, -0.25) is 0 Å². The fourth-order valence-electron chi connectivity index (χ4n) is 2.57. The molecule has 1 unspecified atom stereocenters. The van der Waals surface area contributed by atoms with Crippen LogP contribution in [0.5, 0.6) is 0 Å². The van der Waals surface area contributed by atoms with Crippen LogP contribution in [0.1, 0.15) is 18.7 Å². The Balaban J connectivity index is 2.28. The topological polar surface area (TPSA) is 97.9 Å². The van der Waals surface area contributed by atoms with E-state index in [4.69, 9.17) is 4.74 Å². The van der Waals surface area contributed by atoms with Crippen molar-refractivity contribution in [2.45, 2.75) is 18.1 Å². The van der Waals surface area contributed by atoms with Crippen molar-refractivity contribution >= 4 is 20.9 Å². The number of fused-ring (bicyclic) bond motifs is 1. The first-order valence-electron chi connectivity index (χ1n) is 6.47. The van der Waals surface area contributed by atoms with Crippen LogP contribution >= 0.6 is 0 Å². The lowest BCUT2D eigenvalue weighted by molar-refractivity contribution is 0.182. The molecule has 1 aliphatic rings. The van der Waals surface area contributed by atoms with Crippen molar-refractivity contribution in [3.63, 3.8) is 0 Å². The second kappa shape index (κ2) is 4.79. The predicted molar refractivity (Wildman–Crippen MR) is 74.4 cm³/mol. The van der Waals surface area contributed by atoms with Gasteiger partial charge in [0.2, 0.25) is 15.0 Å². The molecule has 0 aliphatic carbocycles. The molecule has 0 saturated carbocycles. The highest BCUT2D eigenvalue weighted by Gasteiger charge is 2.30. The van der Waals surface area contributed by atoms with Crippen LogP contribution in [-0.2, 0) is 14.6 Å². The van der Waals surface area contributed by atoms with Crippen LogP contribution in [0.2, 0.25) is 0 Å². The van der Waals surface area contributed by atoms with Gasteiger partial charge < -0.3 is 9.30 Å². The van der Waals surface area contributed by atoms with Crippen LogP contribution in [0, 0.1) is 17.2 Å². The Kier molecular flexibility index (Phi) is 3.19. The van der Waals surface area contributed by atoms with Gasteiger partial charge in [0.1, 0.15) is 17.4 Å². The van der Waals surface area contributed by atoms with Gasteiger partial charge in [0, 0.05) is 23.8 Å². The number of sulfone groups is 1. The Morgan fingerprint density at radius 1 is 1.48 bits per heavy atom. The first kappa shape index (κ1) is 14.0. The molecule has 0 N–H and O–H groups in total. The van der Waals surface area contributed by atoms with Crippen molar-refractivity contribution in [3.8, 4) is 6.07 Å². The number of ether oxygens (including phenoxy) is 1. The zero-order valence-electron chi connectivity index (χ0n) is 11.6. The molecule has 0 radical (unpaired) electrons. The third kappa shape index (κ3) is 2.28. The summed E-state index contributed by atoms with van der Waals surface area (Å²) in [5, 5.41) is 9.74. The molecule has 0 amide bonds. The van der Waals surface area contributed by atoms with Crippen molar-refractivity contribution < 1.29 is 13.2 Å². The molecule has 2 aromatic heterocycles. The second-order valence-electron chi connectivity index (χ2n) is 5.30. The smallest absolute Gasteiger partial charge is 0.248 e. The minimum absolute atomic E-state index is 0.0283. The maximum atomic E-state index is 11.6. The number of aromatic nitrogens is 3. The summed E-state index contributed by atoms with van der Waals surface area (Å²) in [5.74, 6) is 0.226. The van der Waals surface area contributed by atoms with E-state index < -0.39 is 9.84 Å². The van der Waals surface area contributed by atoms with E-state index in [1.165, 1.54) is 6.20 Å². The van der Waals surface area contributed by atoms with Crippen molar-refractivity contribution in [3.05, 3.63) is 18.0 Å². The predicted octanol–water partition coefficient (Wildman–Crippen LogP) is 0.914. The minimum Gasteiger partial charge on any atom is -0.379 e. The van der Waals surface area contributed by atoms with E-state index in [-0.39, 0.29) is 17.1 Å². The van der Waals surface area contributed by atoms with Crippen LogP contribution in [0.3, 0.4) is 0 Å². The third-order valence-corrected chi connectivity index (χ3v) is 4.52. The summed E-state index contributed by atoms with van der Waals surface area (Å²) in [5.41, 5.74) is 0.900. The van der Waals surface area contributed by atoms with Crippen LogP contribution in [0.4, 0.5) is 0 Å². The van der Waals surface area contributed by atoms with Gasteiger partial charge in [0.25, 0.3) is 0 Å². The van der Waals surface area contributed by atoms with Gasteiger partial charge in [0.15, 0.2) is 0 Å². The monoisotopic (exact) mass is 306 g/mol. The quantitative estimate of drug-likeness (QED) is 0.765. The second-order valence-corrected chi connectivity index (χ2v) is 7.21. The molecule has 1 saturated heterocycles. The average Bonchev–Trinajstić information content (AvgIpc) is 2.99. The highest BCUT2D eigenvalue weighted by molar-refractivity contribution is 7.90. The Morgan fingerprint density at radius 2 is 2.24 bits per heavy atom. The lowest BCUT2D eigenvalue weighted by Gasteiger charge is -2.17. The Hall–Kier alpha value is -1.98. The normalized spacial score (nSPS) is 22.5. The number of rotatable bonds is 2. The van der Waals surface area contributed by atoms with E-state index in [1.54, 1.807) is 10.6 Å². The minimum atomic E-state index is -3.50. The summed E-state index contributed by atoms with van der Waals surface area (Å²) in [6.07, 6.45) is 2.50. The van der Waals surface area contributed by atoms with Crippen LogP contribution in [0.15, 0.2) is 17.4 Å². The average molecular weight is 306 g/mol. The lowest BCUT2D eigenvalue weighted by Crippen LogP contribution is -2.17. The van der Waals surface area contributed by atoms with E-state index in [9.17, 15) is 13.7 Å². The van der Waals surface area contributed by atoms with E-state index in [0.29, 0.717) is 29.9 Å². The Morgan fingerprint density at radius 3 is 2.81 bits per heavy atom. The molecule has 0 spiro atoms. The SMILES string of the molecule is C[C@@H]1COCC1n1c(C#N)cc2cnc(S(C)(=O)=O)nc21. The largest absolute Gasteiger partial charge is 0.379 e. The first-order chi connectivity index (χ1) is 9.91. The maximum absolute atomic E-state index is 11.6. The zero-order valence-corrected chi connectivity index (χ0v) is 12.5. The number of nitriles is 1. The van der Waals surface area contributed by atoms with Gasteiger partial charge in [-0.1, -0.05) is 6.92 Å². The molecule has 0 bridgehead atoms. The molecular weight excluding hydrogens is 292 g/mol. The number of nitrogens with zero attached hydrogens (tertiary/aromatic N) is 4. The zero-order chi connectivity index (χ0) is 15.2. The molecule has 7 nitrogen and oxygen atoms in total. The lowest BCUT2D eigenvalue weighted by atomic mass is 10.1. The maximum Gasteiger partial charge on any atom is 0.248 e. The van der Waals surface area contributed by atoms with Gasteiger partial charge in [-0.2, -0.15) is 10.2 Å². The van der Waals surface area contributed by atoms with E-state index >= 15 is 0 Å². The summed E-state index contributed by atoms with van der Waals surface area (Å²) < 4.78 is 30.5. The van der Waals surface area contributed by atoms with Crippen LogP contribution in [0.25, 0.3) is 11.0 Å². The van der Waals surface area contributed by atoms with Crippen molar-refractivity contribution in [1.29, 1.82) is 5.26 Å². The van der Waals surface area contributed by atoms with E-state index in [1.807, 2.05) is 6.92 Å². The summed E-state index contributed by atoms with van der Waals surface area (Å²) in [6.45, 7) is 3.13. The van der Waals surface area contributed by atoms with Gasteiger partial charge in [-0.15, -0.1) is 0 Å². The summed E-state index contributed by atoms with van der Waals surface area (Å²) >= 11 is 0. The van der Waals surface area contributed by atoms with Gasteiger partial charge in [-0.25, -0.2) is 13.4 Å². The molecule has 1 aliphatic heterocycles. The number of hydrogen-bond donors (Lipinski definition) is 0. The molecule has 3 heterocycles. The van der Waals surface area contributed by atoms with Gasteiger partial charge in [-0.05, 0) is 6.07 Å². The molecule has 21 heavy (non-hydrogen) atoms. The molecule has 110 valence electrons. The molecular formula is C13H14N4O3S. The molecule has 2 aromatic rings. The first-order valence-corrected chi connectivity index (χ1v) is 8.37. The third-order valence-electron chi connectivity index (χ3n) is 3.66. The fourth-order valence-corrected chi connectivity index (χ4v) is 3.07. The highest BCUT2D eigenvalue weighted by atomic mass is 32.2. The molecule has 0 aromatic carbocycles. The Labute approximate surface area is 122 Å². The number of hydrogen-bond acceptors (Lipinski definition) is 6. The molecule has 8 heteroatoms. The highest BCUT2D eigenvalue weighted by Crippen LogP contribution is 2.31. The summed E-state index contributed by atoms with van der Waals surface area (Å²) in [6, 6.07) is 3.78. The standard InChI is InChI=1S/C13H14N4O3S/c1-8-6-20-7-11(8)17-10(4-14)3-9-5-15-13(16-12(9)17)21(2,18)19/h3,5,8,11H,6-7H2,1-2H3/t8-,11?/m1/s1. The van der Waals surface area contributed by atoms with E-state index in [0.717, 1.165) is 6.26 Å². The molecule has 1 fully saturated rings. The van der Waals surface area contributed by atoms with Crippen molar-refractivity contribution in [1.82, 2.24) is 14.5 Å². The Bertz CT molecular complexity index is 850. The van der Waals surface area contributed by atoms with Gasteiger partial charge >= 0.3 is 0 Å². The fraction of sp³-hybridized carbons (Fsp3) is 0.462. The van der Waals surface area contributed by atoms with Crippen LogP contribution < -0.4 is 0 Å². The van der Waals surface area contributed by atoms with Crippen molar-refractivity contribution in [2.24, 2.45) is 5.92 Å². The molecule has 3 rings (SSSR count). The molecule has 2 atom stereocenters. The van der Waals surface area contributed by atoms with E-state index in [2.05, 4.69) is 16.0 Å². The summed E-state index contributed by atoms with van der Waals surface area (Å²) in [4.78, 5) is 8.01. The van der Waals surface area contributed by atoms with Gasteiger partial charge in [0.05, 0.1) is 19.3 Å². The summed E-state index contributed by atoms with van der Waals surface area (Å²) in [7, 11) is -3.50. The van der Waals surface area contributed by atoms with Crippen LogP contribution in [-0.4, -0.2) is 42.4 Å².